The van der Waals surface area contributed by atoms with Crippen molar-refractivity contribution in [3.63, 3.8) is 0 Å². The fourth-order valence-corrected chi connectivity index (χ4v) is 1.09. The molecule has 0 aliphatic rings. The average molecular weight is 205 g/mol. The minimum Gasteiger partial charge on any atom is -0.409 e. The molecule has 0 fully saturated rings. The van der Waals surface area contributed by atoms with E-state index in [1.54, 1.807) is 0 Å². The van der Waals surface area contributed by atoms with Crippen LogP contribution >= 0.6 is 11.8 Å². The Bertz CT molecular complexity index is 185. The van der Waals surface area contributed by atoms with Gasteiger partial charge in [0.1, 0.15) is 5.84 Å². The molecular weight excluding hydrogens is 190 g/mol. The molecule has 0 spiro atoms. The third-order valence-electron chi connectivity index (χ3n) is 1.34. The molecule has 0 bridgehead atoms. The SMILES string of the molecule is CSCC(=O)NCCCC(N)=NO. The van der Waals surface area contributed by atoms with Crippen LogP contribution in [0.5, 0.6) is 0 Å². The Labute approximate surface area is 81.7 Å². The Balaban J connectivity index is 3.30. The molecular formula is C7H15N3O2S. The van der Waals surface area contributed by atoms with Crippen molar-refractivity contribution in [3.05, 3.63) is 0 Å². The minimum absolute atomic E-state index is 0.0204. The van der Waals surface area contributed by atoms with Crippen molar-refractivity contribution in [3.8, 4) is 0 Å². The van der Waals surface area contributed by atoms with Crippen LogP contribution < -0.4 is 11.1 Å². The van der Waals surface area contributed by atoms with Crippen molar-refractivity contribution >= 4 is 23.5 Å². The molecule has 0 aromatic heterocycles. The molecule has 0 saturated carbocycles. The highest BCUT2D eigenvalue weighted by atomic mass is 32.2. The standard InChI is InChI=1S/C7H15N3O2S/c1-13-5-7(11)9-4-2-3-6(8)10-12/h12H,2-5H2,1H3,(H2,8,10)(H,9,11). The third-order valence-corrected chi connectivity index (χ3v) is 1.89. The van der Waals surface area contributed by atoms with Gasteiger partial charge in [-0.1, -0.05) is 5.16 Å². The summed E-state index contributed by atoms with van der Waals surface area (Å²) in [5, 5.41) is 13.7. The normalized spacial score (nSPS) is 11.3. The van der Waals surface area contributed by atoms with Gasteiger partial charge < -0.3 is 16.3 Å². The van der Waals surface area contributed by atoms with Gasteiger partial charge >= 0.3 is 0 Å². The van der Waals surface area contributed by atoms with Gasteiger partial charge in [-0.3, -0.25) is 4.79 Å². The van der Waals surface area contributed by atoms with E-state index in [1.807, 2.05) is 6.26 Å². The van der Waals surface area contributed by atoms with E-state index in [2.05, 4.69) is 10.5 Å². The van der Waals surface area contributed by atoms with Crippen molar-refractivity contribution in [2.24, 2.45) is 10.9 Å². The van der Waals surface area contributed by atoms with Gasteiger partial charge in [-0.05, 0) is 12.7 Å². The highest BCUT2D eigenvalue weighted by Crippen LogP contribution is 1.90. The summed E-state index contributed by atoms with van der Waals surface area (Å²) in [6.45, 7) is 0.565. The van der Waals surface area contributed by atoms with Crippen molar-refractivity contribution in [2.45, 2.75) is 12.8 Å². The van der Waals surface area contributed by atoms with Gasteiger partial charge in [-0.2, -0.15) is 11.8 Å². The Kier molecular flexibility index (Phi) is 7.18. The topological polar surface area (TPSA) is 87.7 Å². The number of thioether (sulfide) groups is 1. The quantitative estimate of drug-likeness (QED) is 0.187. The van der Waals surface area contributed by atoms with Crippen LogP contribution in [0.25, 0.3) is 0 Å². The number of nitrogens with one attached hydrogen (secondary N) is 1. The zero-order valence-corrected chi connectivity index (χ0v) is 8.43. The summed E-state index contributed by atoms with van der Waals surface area (Å²) in [7, 11) is 0. The summed E-state index contributed by atoms with van der Waals surface area (Å²) in [6.07, 6.45) is 3.06. The molecule has 0 unspecified atom stereocenters. The molecule has 0 saturated heterocycles. The Morgan fingerprint density at radius 3 is 2.92 bits per heavy atom. The molecule has 6 heteroatoms. The number of nitrogens with zero attached hydrogens (tertiary/aromatic N) is 1. The van der Waals surface area contributed by atoms with Gasteiger partial charge in [0.05, 0.1) is 5.75 Å². The first-order chi connectivity index (χ1) is 6.20. The summed E-state index contributed by atoms with van der Waals surface area (Å²) in [4.78, 5) is 10.9. The Morgan fingerprint density at radius 2 is 2.38 bits per heavy atom. The second-order valence-electron chi connectivity index (χ2n) is 2.48. The second-order valence-corrected chi connectivity index (χ2v) is 3.34. The summed E-state index contributed by atoms with van der Waals surface area (Å²) in [5.41, 5.74) is 5.23. The summed E-state index contributed by atoms with van der Waals surface area (Å²) < 4.78 is 0. The molecule has 0 aliphatic heterocycles. The lowest BCUT2D eigenvalue weighted by molar-refractivity contribution is -0.118. The lowest BCUT2D eigenvalue weighted by Gasteiger charge is -2.02. The molecule has 0 aromatic rings. The maximum absolute atomic E-state index is 10.9. The number of rotatable bonds is 6. The predicted octanol–water partition coefficient (Wildman–Crippen LogP) is -0.00780. The van der Waals surface area contributed by atoms with Crippen LogP contribution in [0.4, 0.5) is 0 Å². The summed E-state index contributed by atoms with van der Waals surface area (Å²) >= 11 is 1.48. The van der Waals surface area contributed by atoms with E-state index in [1.165, 1.54) is 11.8 Å². The molecule has 0 aliphatic carbocycles. The number of amides is 1. The van der Waals surface area contributed by atoms with Crippen molar-refractivity contribution in [2.75, 3.05) is 18.6 Å². The predicted molar refractivity (Wildman–Crippen MR) is 54.0 cm³/mol. The second kappa shape index (κ2) is 7.72. The van der Waals surface area contributed by atoms with E-state index in [0.29, 0.717) is 25.1 Å². The van der Waals surface area contributed by atoms with Crippen molar-refractivity contribution in [1.82, 2.24) is 5.32 Å². The summed E-state index contributed by atoms with van der Waals surface area (Å²) in [5.74, 6) is 0.690. The molecule has 76 valence electrons. The zero-order valence-electron chi connectivity index (χ0n) is 7.62. The number of carbonyl (C=O) groups excluding carboxylic acids is 1. The van der Waals surface area contributed by atoms with Crippen LogP contribution in [-0.4, -0.2) is 35.5 Å². The number of nitrogens with two attached hydrogens (primary N) is 1. The Hall–Kier alpha value is -0.910. The fourth-order valence-electron chi connectivity index (χ4n) is 0.729. The molecule has 5 nitrogen and oxygen atoms in total. The van der Waals surface area contributed by atoms with E-state index in [4.69, 9.17) is 10.9 Å². The van der Waals surface area contributed by atoms with E-state index in [-0.39, 0.29) is 11.7 Å². The van der Waals surface area contributed by atoms with Gasteiger partial charge in [0.25, 0.3) is 0 Å². The van der Waals surface area contributed by atoms with Crippen LogP contribution in [0.2, 0.25) is 0 Å². The van der Waals surface area contributed by atoms with Gasteiger partial charge in [0.15, 0.2) is 0 Å². The lowest BCUT2D eigenvalue weighted by Crippen LogP contribution is -2.27. The van der Waals surface area contributed by atoms with E-state index in [0.717, 1.165) is 0 Å². The van der Waals surface area contributed by atoms with Crippen LogP contribution in [0.3, 0.4) is 0 Å². The number of carbonyl (C=O) groups is 1. The fraction of sp³-hybridized carbons (Fsp3) is 0.714. The Morgan fingerprint density at radius 1 is 1.69 bits per heavy atom. The van der Waals surface area contributed by atoms with E-state index in [9.17, 15) is 4.79 Å². The van der Waals surface area contributed by atoms with Crippen LogP contribution in [0, 0.1) is 0 Å². The molecule has 0 rings (SSSR count). The first-order valence-electron chi connectivity index (χ1n) is 3.92. The smallest absolute Gasteiger partial charge is 0.229 e. The first-order valence-corrected chi connectivity index (χ1v) is 5.32. The van der Waals surface area contributed by atoms with Crippen LogP contribution in [-0.2, 0) is 4.79 Å². The molecule has 0 heterocycles. The summed E-state index contributed by atoms with van der Waals surface area (Å²) in [6, 6.07) is 0. The monoisotopic (exact) mass is 205 g/mol. The molecule has 4 N–H and O–H groups in total. The van der Waals surface area contributed by atoms with Crippen LogP contribution in [0.15, 0.2) is 5.16 Å². The lowest BCUT2D eigenvalue weighted by atomic mass is 10.3. The number of amidine groups is 1. The van der Waals surface area contributed by atoms with Crippen molar-refractivity contribution in [1.29, 1.82) is 0 Å². The van der Waals surface area contributed by atoms with Crippen molar-refractivity contribution < 1.29 is 10.0 Å². The molecule has 1 amide bonds. The third kappa shape index (κ3) is 7.45. The van der Waals surface area contributed by atoms with Gasteiger partial charge in [0.2, 0.25) is 5.91 Å². The first kappa shape index (κ1) is 12.1. The maximum Gasteiger partial charge on any atom is 0.229 e. The van der Waals surface area contributed by atoms with E-state index < -0.39 is 0 Å². The van der Waals surface area contributed by atoms with Gasteiger partial charge in [-0.25, -0.2) is 0 Å². The minimum atomic E-state index is 0.0204. The number of oxime groups is 1. The average Bonchev–Trinajstić information content (AvgIpc) is 2.12. The number of hydrogen-bond acceptors (Lipinski definition) is 4. The maximum atomic E-state index is 10.9. The van der Waals surface area contributed by atoms with Gasteiger partial charge in [-0.15, -0.1) is 0 Å². The van der Waals surface area contributed by atoms with Gasteiger partial charge in [0, 0.05) is 13.0 Å². The molecule has 0 atom stereocenters. The highest BCUT2D eigenvalue weighted by molar-refractivity contribution is 7.99. The number of hydrogen-bond donors (Lipinski definition) is 3. The molecule has 0 aromatic carbocycles. The van der Waals surface area contributed by atoms with Crippen LogP contribution in [0.1, 0.15) is 12.8 Å². The van der Waals surface area contributed by atoms with E-state index >= 15 is 0 Å². The molecule has 0 radical (unpaired) electrons. The largest absolute Gasteiger partial charge is 0.409 e. The zero-order chi connectivity index (χ0) is 10.1. The molecule has 13 heavy (non-hydrogen) atoms. The highest BCUT2D eigenvalue weighted by Gasteiger charge is 1.98.